The molecule has 0 bridgehead atoms. The summed E-state index contributed by atoms with van der Waals surface area (Å²) < 4.78 is 18.2. The summed E-state index contributed by atoms with van der Waals surface area (Å²) in [6.07, 6.45) is 0.254. The van der Waals surface area contributed by atoms with Gasteiger partial charge in [-0.15, -0.1) is 0 Å². The molecule has 5 nitrogen and oxygen atoms in total. The summed E-state index contributed by atoms with van der Waals surface area (Å²) in [6, 6.07) is 3.87. The summed E-state index contributed by atoms with van der Waals surface area (Å²) in [7, 11) is 0. The molecule has 1 unspecified atom stereocenters. The molecule has 1 atom stereocenters. The van der Waals surface area contributed by atoms with Gasteiger partial charge in [0.15, 0.2) is 0 Å². The van der Waals surface area contributed by atoms with E-state index in [2.05, 4.69) is 5.32 Å². The predicted octanol–water partition coefficient (Wildman–Crippen LogP) is 1.50. The Balaban J connectivity index is 2.18. The standard InChI is InChI=1S/C14H16FNO4/c1-9-6-10(15)2-3-11(9)13(19)16-14(7-12(17)18)4-5-20-8-14/h2-3,6H,4-5,7-8H2,1H3,(H,16,19)(H,17,18). The van der Waals surface area contributed by atoms with Gasteiger partial charge in [-0.2, -0.15) is 0 Å². The lowest BCUT2D eigenvalue weighted by Crippen LogP contribution is -2.50. The Morgan fingerprint density at radius 2 is 2.25 bits per heavy atom. The van der Waals surface area contributed by atoms with Crippen molar-refractivity contribution in [3.05, 3.63) is 35.1 Å². The van der Waals surface area contributed by atoms with Gasteiger partial charge in [0.05, 0.1) is 18.6 Å². The Bertz CT molecular complexity index is 538. The fourth-order valence-corrected chi connectivity index (χ4v) is 2.37. The maximum Gasteiger partial charge on any atom is 0.305 e. The number of carboxylic acid groups (broad SMARTS) is 1. The molecule has 1 aromatic rings. The summed E-state index contributed by atoms with van der Waals surface area (Å²) >= 11 is 0. The first-order valence-corrected chi connectivity index (χ1v) is 6.30. The zero-order valence-electron chi connectivity index (χ0n) is 11.1. The monoisotopic (exact) mass is 281 g/mol. The van der Waals surface area contributed by atoms with E-state index in [1.165, 1.54) is 18.2 Å². The highest BCUT2D eigenvalue weighted by molar-refractivity contribution is 5.96. The third-order valence-electron chi connectivity index (χ3n) is 3.40. The third kappa shape index (κ3) is 3.14. The van der Waals surface area contributed by atoms with E-state index in [4.69, 9.17) is 9.84 Å². The highest BCUT2D eigenvalue weighted by Crippen LogP contribution is 2.24. The number of nitrogens with one attached hydrogen (secondary N) is 1. The fourth-order valence-electron chi connectivity index (χ4n) is 2.37. The molecule has 1 aliphatic heterocycles. The number of carbonyl (C=O) groups excluding carboxylic acids is 1. The van der Waals surface area contributed by atoms with Crippen LogP contribution in [0.3, 0.4) is 0 Å². The minimum Gasteiger partial charge on any atom is -0.481 e. The number of hydrogen-bond acceptors (Lipinski definition) is 3. The van der Waals surface area contributed by atoms with Crippen LogP contribution < -0.4 is 5.32 Å². The van der Waals surface area contributed by atoms with Gasteiger partial charge < -0.3 is 15.2 Å². The second-order valence-corrected chi connectivity index (χ2v) is 5.07. The van der Waals surface area contributed by atoms with Crippen LogP contribution >= 0.6 is 0 Å². The van der Waals surface area contributed by atoms with Crippen LogP contribution in [-0.4, -0.2) is 35.7 Å². The second-order valence-electron chi connectivity index (χ2n) is 5.07. The average Bonchev–Trinajstić information content (AvgIpc) is 2.75. The number of aliphatic carboxylic acids is 1. The van der Waals surface area contributed by atoms with Gasteiger partial charge in [-0.05, 0) is 37.1 Å². The zero-order valence-corrected chi connectivity index (χ0v) is 11.1. The topological polar surface area (TPSA) is 75.6 Å². The maximum atomic E-state index is 13.0. The lowest BCUT2D eigenvalue weighted by Gasteiger charge is -2.27. The highest BCUT2D eigenvalue weighted by Gasteiger charge is 2.38. The SMILES string of the molecule is Cc1cc(F)ccc1C(=O)NC1(CC(=O)O)CCOC1. The van der Waals surface area contributed by atoms with Crippen molar-refractivity contribution in [1.82, 2.24) is 5.32 Å². The minimum atomic E-state index is -0.994. The lowest BCUT2D eigenvalue weighted by molar-refractivity contribution is -0.138. The third-order valence-corrected chi connectivity index (χ3v) is 3.40. The van der Waals surface area contributed by atoms with E-state index in [9.17, 15) is 14.0 Å². The number of amides is 1. The van der Waals surface area contributed by atoms with Gasteiger partial charge in [-0.1, -0.05) is 0 Å². The number of carbonyl (C=O) groups is 2. The molecule has 0 aliphatic carbocycles. The number of halogens is 1. The van der Waals surface area contributed by atoms with Crippen molar-refractivity contribution in [1.29, 1.82) is 0 Å². The smallest absolute Gasteiger partial charge is 0.305 e. The van der Waals surface area contributed by atoms with Gasteiger partial charge in [-0.3, -0.25) is 9.59 Å². The van der Waals surface area contributed by atoms with Crippen LogP contribution in [-0.2, 0) is 9.53 Å². The van der Waals surface area contributed by atoms with Gasteiger partial charge >= 0.3 is 5.97 Å². The number of aryl methyl sites for hydroxylation is 1. The van der Waals surface area contributed by atoms with Crippen molar-refractivity contribution < 1.29 is 23.8 Å². The normalized spacial score (nSPS) is 21.7. The number of benzene rings is 1. The molecule has 1 fully saturated rings. The number of carboxylic acids is 1. The van der Waals surface area contributed by atoms with Gasteiger partial charge in [-0.25, -0.2) is 4.39 Å². The van der Waals surface area contributed by atoms with Gasteiger partial charge in [0.1, 0.15) is 5.82 Å². The van der Waals surface area contributed by atoms with Crippen molar-refractivity contribution in [2.75, 3.05) is 13.2 Å². The molecule has 0 radical (unpaired) electrons. The second kappa shape index (κ2) is 5.58. The Hall–Kier alpha value is -1.95. The summed E-state index contributed by atoms with van der Waals surface area (Å²) in [4.78, 5) is 23.2. The molecule has 108 valence electrons. The van der Waals surface area contributed by atoms with E-state index in [0.717, 1.165) is 0 Å². The summed E-state index contributed by atoms with van der Waals surface area (Å²) in [6.45, 7) is 2.22. The van der Waals surface area contributed by atoms with E-state index in [1.807, 2.05) is 0 Å². The molecule has 1 saturated heterocycles. The van der Waals surface area contributed by atoms with Gasteiger partial charge in [0, 0.05) is 12.2 Å². The Morgan fingerprint density at radius 1 is 1.50 bits per heavy atom. The van der Waals surface area contributed by atoms with E-state index >= 15 is 0 Å². The zero-order chi connectivity index (χ0) is 14.8. The molecule has 0 aromatic heterocycles. The molecule has 1 aliphatic rings. The van der Waals surface area contributed by atoms with Crippen LogP contribution in [0.4, 0.5) is 4.39 Å². The number of ether oxygens (including phenoxy) is 1. The van der Waals surface area contributed by atoms with Crippen molar-refractivity contribution in [2.24, 2.45) is 0 Å². The molecular formula is C14H16FNO4. The molecule has 2 rings (SSSR count). The number of hydrogen-bond donors (Lipinski definition) is 2. The van der Waals surface area contributed by atoms with Crippen LogP contribution in [0.1, 0.15) is 28.8 Å². The van der Waals surface area contributed by atoms with Gasteiger partial charge in [0.25, 0.3) is 5.91 Å². The van der Waals surface area contributed by atoms with E-state index in [-0.39, 0.29) is 13.0 Å². The van der Waals surface area contributed by atoms with Crippen molar-refractivity contribution in [3.63, 3.8) is 0 Å². The van der Waals surface area contributed by atoms with Crippen molar-refractivity contribution in [2.45, 2.75) is 25.3 Å². The molecule has 2 N–H and O–H groups in total. The van der Waals surface area contributed by atoms with Crippen LogP contribution in [0.5, 0.6) is 0 Å². The average molecular weight is 281 g/mol. The Kier molecular flexibility index (Phi) is 4.04. The largest absolute Gasteiger partial charge is 0.481 e. The fraction of sp³-hybridized carbons (Fsp3) is 0.429. The molecule has 1 heterocycles. The molecule has 0 spiro atoms. The Labute approximate surface area is 115 Å². The quantitative estimate of drug-likeness (QED) is 0.877. The highest BCUT2D eigenvalue weighted by atomic mass is 19.1. The van der Waals surface area contributed by atoms with Crippen LogP contribution in [0.15, 0.2) is 18.2 Å². The molecule has 0 saturated carbocycles. The van der Waals surface area contributed by atoms with Crippen molar-refractivity contribution in [3.8, 4) is 0 Å². The first-order chi connectivity index (χ1) is 9.42. The summed E-state index contributed by atoms with van der Waals surface area (Å²) in [5.74, 6) is -1.82. The maximum absolute atomic E-state index is 13.0. The first kappa shape index (κ1) is 14.5. The van der Waals surface area contributed by atoms with Crippen molar-refractivity contribution >= 4 is 11.9 Å². The molecule has 1 amide bonds. The van der Waals surface area contributed by atoms with E-state index < -0.39 is 23.2 Å². The first-order valence-electron chi connectivity index (χ1n) is 6.30. The molecule has 6 heteroatoms. The van der Waals surface area contributed by atoms with Crippen LogP contribution in [0, 0.1) is 12.7 Å². The van der Waals surface area contributed by atoms with Gasteiger partial charge in [0.2, 0.25) is 0 Å². The van der Waals surface area contributed by atoms with Crippen LogP contribution in [0.2, 0.25) is 0 Å². The molecule has 1 aromatic carbocycles. The minimum absolute atomic E-state index is 0.172. The Morgan fingerprint density at radius 3 is 2.80 bits per heavy atom. The molecular weight excluding hydrogens is 265 g/mol. The summed E-state index contributed by atoms with van der Waals surface area (Å²) in [5.41, 5.74) is -0.0426. The predicted molar refractivity (Wildman–Crippen MR) is 69.0 cm³/mol. The van der Waals surface area contributed by atoms with E-state index in [0.29, 0.717) is 24.2 Å². The molecule has 20 heavy (non-hydrogen) atoms. The summed E-state index contributed by atoms with van der Waals surface area (Å²) in [5, 5.41) is 11.7. The van der Waals surface area contributed by atoms with Crippen LogP contribution in [0.25, 0.3) is 0 Å². The lowest BCUT2D eigenvalue weighted by atomic mass is 9.93. The number of rotatable bonds is 4. The van der Waals surface area contributed by atoms with E-state index in [1.54, 1.807) is 6.92 Å².